The van der Waals surface area contributed by atoms with Gasteiger partial charge in [0.05, 0.1) is 19.4 Å². The van der Waals surface area contributed by atoms with Crippen LogP contribution in [0.4, 0.5) is 0 Å². The first-order valence-corrected chi connectivity index (χ1v) is 10.1. The summed E-state index contributed by atoms with van der Waals surface area (Å²) >= 11 is 6.80. The zero-order valence-electron chi connectivity index (χ0n) is 16.4. The first kappa shape index (κ1) is 22.1. The summed E-state index contributed by atoms with van der Waals surface area (Å²) in [4.78, 5) is 8.48. The summed E-state index contributed by atoms with van der Waals surface area (Å²) in [7, 11) is 3.32. The number of thiocarbonyl (C=S) groups is 1. The minimum atomic E-state index is 0.102. The van der Waals surface area contributed by atoms with Crippen molar-refractivity contribution < 1.29 is 9.47 Å². The number of hydrazone groups is 1. The fourth-order valence-electron chi connectivity index (χ4n) is 2.37. The van der Waals surface area contributed by atoms with Crippen molar-refractivity contribution in [3.63, 3.8) is 0 Å². The smallest absolute Gasteiger partial charge is 0.187 e. The summed E-state index contributed by atoms with van der Waals surface area (Å²) in [5.74, 6) is 1.51. The third-order valence-electron chi connectivity index (χ3n) is 3.72. The Morgan fingerprint density at radius 1 is 1.29 bits per heavy atom. The second-order valence-corrected chi connectivity index (χ2v) is 7.34. The summed E-state index contributed by atoms with van der Waals surface area (Å²) in [6.07, 6.45) is 3.46. The lowest BCUT2D eigenvalue weighted by atomic mass is 10.1. The second kappa shape index (κ2) is 11.6. The molecular formula is C19H25N5O2S2. The molecule has 0 aliphatic carbocycles. The van der Waals surface area contributed by atoms with E-state index in [2.05, 4.69) is 31.9 Å². The van der Waals surface area contributed by atoms with Gasteiger partial charge in [-0.25, -0.2) is 9.97 Å². The lowest BCUT2D eigenvalue weighted by Gasteiger charge is -2.14. The van der Waals surface area contributed by atoms with Crippen LogP contribution >= 0.6 is 24.0 Å². The fourth-order valence-corrected chi connectivity index (χ4v) is 3.39. The number of hydrogen-bond acceptors (Lipinski definition) is 7. The van der Waals surface area contributed by atoms with Gasteiger partial charge in [0.15, 0.2) is 10.3 Å². The molecule has 0 spiro atoms. The first-order valence-electron chi connectivity index (χ1n) is 8.70. The predicted octanol–water partition coefficient (Wildman–Crippen LogP) is 3.00. The van der Waals surface area contributed by atoms with Crippen molar-refractivity contribution in [3.8, 4) is 5.75 Å². The maximum atomic E-state index is 5.48. The minimum Gasteiger partial charge on any atom is -0.496 e. The second-order valence-electron chi connectivity index (χ2n) is 5.99. The zero-order chi connectivity index (χ0) is 20.4. The molecule has 0 aliphatic rings. The zero-order valence-corrected chi connectivity index (χ0v) is 18.1. The number of methoxy groups -OCH3 is 2. The van der Waals surface area contributed by atoms with Gasteiger partial charge in [0.2, 0.25) is 0 Å². The van der Waals surface area contributed by atoms with Crippen molar-refractivity contribution in [2.75, 3.05) is 20.8 Å². The number of hydrogen-bond donors (Lipinski definition) is 2. The molecule has 0 radical (unpaired) electrons. The number of benzene rings is 1. The molecule has 1 aromatic carbocycles. The molecule has 0 unspecified atom stereocenters. The third-order valence-corrected chi connectivity index (χ3v) is 4.85. The van der Waals surface area contributed by atoms with Crippen molar-refractivity contribution in [2.45, 2.75) is 30.8 Å². The van der Waals surface area contributed by atoms with Crippen LogP contribution in [0.3, 0.4) is 0 Å². The summed E-state index contributed by atoms with van der Waals surface area (Å²) in [5, 5.41) is 8.66. The minimum absolute atomic E-state index is 0.102. The molecule has 0 saturated heterocycles. The van der Waals surface area contributed by atoms with Crippen LogP contribution in [0.1, 0.15) is 25.0 Å². The highest BCUT2D eigenvalue weighted by Gasteiger charge is 2.09. The predicted molar refractivity (Wildman–Crippen MR) is 117 cm³/mol. The largest absolute Gasteiger partial charge is 0.496 e. The van der Waals surface area contributed by atoms with E-state index in [1.54, 1.807) is 44.4 Å². The summed E-state index contributed by atoms with van der Waals surface area (Å²) in [6, 6.07) is 7.86. The Labute approximate surface area is 175 Å². The standard InChI is InChI=1S/C19H25N5O2S2/c1-13(11-25-3)22-18(27)24-23-14(2)15-6-7-17(26-4)16(10-15)12-28-19-20-8-5-9-21-19/h5-10,13H,11-12H2,1-4H3,(H2,22,24,27)/b23-14-/t13-/m0/s1. The van der Waals surface area contributed by atoms with Gasteiger partial charge >= 0.3 is 0 Å². The van der Waals surface area contributed by atoms with E-state index in [1.165, 1.54) is 0 Å². The van der Waals surface area contributed by atoms with Crippen LogP contribution in [0.25, 0.3) is 0 Å². The monoisotopic (exact) mass is 419 g/mol. The molecule has 7 nitrogen and oxygen atoms in total. The van der Waals surface area contributed by atoms with Gasteiger partial charge in [-0.2, -0.15) is 5.10 Å². The van der Waals surface area contributed by atoms with Crippen molar-refractivity contribution in [2.24, 2.45) is 5.10 Å². The van der Waals surface area contributed by atoms with Gasteiger partial charge in [0.25, 0.3) is 0 Å². The van der Waals surface area contributed by atoms with E-state index in [-0.39, 0.29) is 6.04 Å². The molecule has 150 valence electrons. The SMILES string of the molecule is COC[C@H](C)NC(=S)N/N=C(/C)c1ccc(OC)c(CSc2ncccn2)c1. The number of aromatic nitrogens is 2. The van der Waals surface area contributed by atoms with Crippen LogP contribution < -0.4 is 15.5 Å². The molecule has 2 rings (SSSR count). The molecule has 0 aliphatic heterocycles. The lowest BCUT2D eigenvalue weighted by molar-refractivity contribution is 0.179. The van der Waals surface area contributed by atoms with Crippen LogP contribution in [0.2, 0.25) is 0 Å². The maximum absolute atomic E-state index is 5.48. The number of ether oxygens (including phenoxy) is 2. The molecule has 2 aromatic rings. The normalized spacial score (nSPS) is 12.4. The summed E-state index contributed by atoms with van der Waals surface area (Å²) in [6.45, 7) is 4.47. The maximum Gasteiger partial charge on any atom is 0.187 e. The highest BCUT2D eigenvalue weighted by molar-refractivity contribution is 7.98. The van der Waals surface area contributed by atoms with Crippen molar-refractivity contribution >= 4 is 34.8 Å². The number of nitrogens with one attached hydrogen (secondary N) is 2. The fraction of sp³-hybridized carbons (Fsp3) is 0.368. The molecule has 0 amide bonds. The van der Waals surface area contributed by atoms with Crippen LogP contribution in [0.5, 0.6) is 5.75 Å². The van der Waals surface area contributed by atoms with E-state index < -0.39 is 0 Å². The molecule has 1 heterocycles. The van der Waals surface area contributed by atoms with Crippen LogP contribution in [0.15, 0.2) is 46.9 Å². The quantitative estimate of drug-likeness (QED) is 0.211. The van der Waals surface area contributed by atoms with Gasteiger partial charge in [-0.05, 0) is 55.9 Å². The van der Waals surface area contributed by atoms with Gasteiger partial charge in [0.1, 0.15) is 5.75 Å². The number of thioether (sulfide) groups is 1. The number of rotatable bonds is 9. The number of nitrogens with zero attached hydrogens (tertiary/aromatic N) is 3. The van der Waals surface area contributed by atoms with E-state index in [1.807, 2.05) is 26.0 Å². The highest BCUT2D eigenvalue weighted by Crippen LogP contribution is 2.27. The van der Waals surface area contributed by atoms with Crippen molar-refractivity contribution in [1.82, 2.24) is 20.7 Å². The van der Waals surface area contributed by atoms with E-state index in [0.717, 1.165) is 27.7 Å². The van der Waals surface area contributed by atoms with E-state index in [4.69, 9.17) is 21.7 Å². The van der Waals surface area contributed by atoms with E-state index >= 15 is 0 Å². The molecule has 9 heteroatoms. The Kier molecular flexibility index (Phi) is 9.12. The van der Waals surface area contributed by atoms with E-state index in [0.29, 0.717) is 17.5 Å². The summed E-state index contributed by atoms with van der Waals surface area (Å²) < 4.78 is 10.6. The average molecular weight is 420 g/mol. The van der Waals surface area contributed by atoms with E-state index in [9.17, 15) is 0 Å². The van der Waals surface area contributed by atoms with Crippen molar-refractivity contribution in [1.29, 1.82) is 0 Å². The van der Waals surface area contributed by atoms with Crippen LogP contribution in [0, 0.1) is 0 Å². The molecule has 2 N–H and O–H groups in total. The highest BCUT2D eigenvalue weighted by atomic mass is 32.2. The Hall–Kier alpha value is -2.23. The Morgan fingerprint density at radius 2 is 2.04 bits per heavy atom. The molecular weight excluding hydrogens is 394 g/mol. The molecule has 28 heavy (non-hydrogen) atoms. The molecule has 1 atom stereocenters. The molecule has 1 aromatic heterocycles. The molecule has 0 fully saturated rings. The topological polar surface area (TPSA) is 80.7 Å². The van der Waals surface area contributed by atoms with Crippen molar-refractivity contribution in [3.05, 3.63) is 47.8 Å². The van der Waals surface area contributed by atoms with Gasteiger partial charge < -0.3 is 14.8 Å². The van der Waals surface area contributed by atoms with Crippen LogP contribution in [-0.2, 0) is 10.5 Å². The average Bonchev–Trinajstić information content (AvgIpc) is 2.71. The Bertz CT molecular complexity index is 802. The van der Waals surface area contributed by atoms with Gasteiger partial charge in [-0.1, -0.05) is 11.8 Å². The summed E-state index contributed by atoms with van der Waals surface area (Å²) in [5.41, 5.74) is 5.71. The Balaban J connectivity index is 2.04. The first-order chi connectivity index (χ1) is 13.5. The van der Waals surface area contributed by atoms with Crippen LogP contribution in [-0.4, -0.2) is 47.7 Å². The molecule has 0 saturated carbocycles. The van der Waals surface area contributed by atoms with Gasteiger partial charge in [-0.3, -0.25) is 5.43 Å². The Morgan fingerprint density at radius 3 is 2.71 bits per heavy atom. The lowest BCUT2D eigenvalue weighted by Crippen LogP contribution is -2.40. The van der Waals surface area contributed by atoms with Gasteiger partial charge in [0, 0.05) is 36.9 Å². The molecule has 0 bridgehead atoms. The van der Waals surface area contributed by atoms with Gasteiger partial charge in [-0.15, -0.1) is 0 Å². The third kappa shape index (κ3) is 7.06.